The largest absolute Gasteiger partial charge is 0.326 e. The molecule has 0 aliphatic heterocycles. The number of pyridine rings is 1. The minimum absolute atomic E-state index is 0.0841. The van der Waals surface area contributed by atoms with E-state index in [0.717, 1.165) is 18.4 Å². The molecule has 0 bridgehead atoms. The lowest BCUT2D eigenvalue weighted by Crippen LogP contribution is -2.32. The quantitative estimate of drug-likeness (QED) is 0.674. The molecule has 4 N–H and O–H groups in total. The third kappa shape index (κ3) is 3.16. The van der Waals surface area contributed by atoms with E-state index in [1.807, 2.05) is 0 Å². The SMILES string of the molecule is NCc1ccc(NS(=O)(=O)NC2CC2)nc1. The molecule has 1 aromatic heterocycles. The monoisotopic (exact) mass is 242 g/mol. The Morgan fingerprint density at radius 2 is 2.19 bits per heavy atom. The van der Waals surface area contributed by atoms with Gasteiger partial charge in [0.2, 0.25) is 0 Å². The molecule has 0 aromatic carbocycles. The minimum atomic E-state index is -3.48. The van der Waals surface area contributed by atoms with Crippen molar-refractivity contribution in [3.63, 3.8) is 0 Å². The lowest BCUT2D eigenvalue weighted by Gasteiger charge is -2.07. The summed E-state index contributed by atoms with van der Waals surface area (Å²) in [6.45, 7) is 0.389. The number of anilines is 1. The third-order valence-electron chi connectivity index (χ3n) is 2.20. The fourth-order valence-corrected chi connectivity index (χ4v) is 2.32. The van der Waals surface area contributed by atoms with E-state index >= 15 is 0 Å². The maximum atomic E-state index is 11.5. The van der Waals surface area contributed by atoms with Gasteiger partial charge in [0.25, 0.3) is 0 Å². The molecule has 0 spiro atoms. The minimum Gasteiger partial charge on any atom is -0.326 e. The van der Waals surface area contributed by atoms with Crippen LogP contribution in [0.4, 0.5) is 5.82 Å². The topological polar surface area (TPSA) is 97.1 Å². The molecule has 6 nitrogen and oxygen atoms in total. The first kappa shape index (κ1) is 11.3. The average Bonchev–Trinajstić information content (AvgIpc) is 3.01. The molecule has 2 rings (SSSR count). The first-order valence-corrected chi connectivity index (χ1v) is 6.52. The fourth-order valence-electron chi connectivity index (χ4n) is 1.19. The van der Waals surface area contributed by atoms with Crippen molar-refractivity contribution >= 4 is 16.0 Å². The second-order valence-corrected chi connectivity index (χ2v) is 5.20. The Morgan fingerprint density at radius 3 is 2.69 bits per heavy atom. The molecule has 7 heteroatoms. The van der Waals surface area contributed by atoms with Gasteiger partial charge in [0.1, 0.15) is 5.82 Å². The van der Waals surface area contributed by atoms with Crippen molar-refractivity contribution in [2.24, 2.45) is 5.73 Å². The summed E-state index contributed by atoms with van der Waals surface area (Å²) in [6.07, 6.45) is 3.36. The summed E-state index contributed by atoms with van der Waals surface area (Å²) in [4.78, 5) is 3.95. The molecule has 1 aromatic rings. The second kappa shape index (κ2) is 4.36. The van der Waals surface area contributed by atoms with Gasteiger partial charge in [-0.15, -0.1) is 0 Å². The van der Waals surface area contributed by atoms with Crippen molar-refractivity contribution < 1.29 is 8.42 Å². The molecule has 1 heterocycles. The van der Waals surface area contributed by atoms with Crippen molar-refractivity contribution in [2.45, 2.75) is 25.4 Å². The Bertz CT molecular complexity index is 453. The van der Waals surface area contributed by atoms with Gasteiger partial charge in [-0.05, 0) is 24.5 Å². The maximum absolute atomic E-state index is 11.5. The molecule has 0 radical (unpaired) electrons. The van der Waals surface area contributed by atoms with Crippen molar-refractivity contribution in [3.8, 4) is 0 Å². The smallest absolute Gasteiger partial charge is 0.300 e. The fraction of sp³-hybridized carbons (Fsp3) is 0.444. The predicted molar refractivity (Wildman–Crippen MR) is 60.8 cm³/mol. The molecule has 88 valence electrons. The highest BCUT2D eigenvalue weighted by atomic mass is 32.2. The molecule has 0 saturated heterocycles. The Morgan fingerprint density at radius 1 is 1.44 bits per heavy atom. The number of nitrogens with one attached hydrogen (secondary N) is 2. The van der Waals surface area contributed by atoms with Crippen LogP contribution in [0, 0.1) is 0 Å². The van der Waals surface area contributed by atoms with E-state index < -0.39 is 10.2 Å². The van der Waals surface area contributed by atoms with Crippen molar-refractivity contribution in [1.29, 1.82) is 0 Å². The number of nitrogens with zero attached hydrogens (tertiary/aromatic N) is 1. The Kier molecular flexibility index (Phi) is 3.08. The van der Waals surface area contributed by atoms with Crippen molar-refractivity contribution in [3.05, 3.63) is 23.9 Å². The van der Waals surface area contributed by atoms with Gasteiger partial charge in [0.15, 0.2) is 0 Å². The first-order chi connectivity index (χ1) is 7.59. The van der Waals surface area contributed by atoms with Crippen LogP contribution in [0.5, 0.6) is 0 Å². The van der Waals surface area contributed by atoms with Gasteiger partial charge in [0.05, 0.1) is 0 Å². The van der Waals surface area contributed by atoms with Crippen LogP contribution in [0.25, 0.3) is 0 Å². The Labute approximate surface area is 94.4 Å². The van der Waals surface area contributed by atoms with E-state index in [9.17, 15) is 8.42 Å². The molecular formula is C9H14N4O2S. The van der Waals surface area contributed by atoms with Crippen molar-refractivity contribution in [1.82, 2.24) is 9.71 Å². The highest BCUT2D eigenvalue weighted by Gasteiger charge is 2.26. The van der Waals surface area contributed by atoms with Crippen LogP contribution in [0.15, 0.2) is 18.3 Å². The standard InChI is InChI=1S/C9H14N4O2S/c10-5-7-1-4-9(11-6-7)13-16(14,15)12-8-2-3-8/h1,4,6,8,12H,2-3,5,10H2,(H,11,13). The number of nitrogens with two attached hydrogens (primary N) is 1. The number of rotatable bonds is 5. The van der Waals surface area contributed by atoms with Crippen LogP contribution in [0.1, 0.15) is 18.4 Å². The summed E-state index contributed by atoms with van der Waals surface area (Å²) in [5.74, 6) is 0.297. The molecule has 1 aliphatic carbocycles. The molecule has 1 saturated carbocycles. The van der Waals surface area contributed by atoms with Crippen LogP contribution >= 0.6 is 0 Å². The highest BCUT2D eigenvalue weighted by molar-refractivity contribution is 7.90. The number of hydrogen-bond acceptors (Lipinski definition) is 4. The van der Waals surface area contributed by atoms with Crippen LogP contribution in [-0.4, -0.2) is 19.4 Å². The van der Waals surface area contributed by atoms with E-state index in [2.05, 4.69) is 14.4 Å². The van der Waals surface area contributed by atoms with Gasteiger partial charge in [-0.3, -0.25) is 4.72 Å². The lowest BCUT2D eigenvalue weighted by molar-refractivity contribution is 0.586. The van der Waals surface area contributed by atoms with E-state index in [4.69, 9.17) is 5.73 Å². The molecule has 16 heavy (non-hydrogen) atoms. The lowest BCUT2D eigenvalue weighted by atomic mass is 10.3. The molecule has 0 atom stereocenters. The van der Waals surface area contributed by atoms with E-state index in [1.165, 1.54) is 0 Å². The molecule has 0 amide bonds. The van der Waals surface area contributed by atoms with Crippen LogP contribution in [0.3, 0.4) is 0 Å². The number of aromatic nitrogens is 1. The summed E-state index contributed by atoms with van der Waals surface area (Å²) in [5, 5.41) is 0. The highest BCUT2D eigenvalue weighted by Crippen LogP contribution is 2.20. The van der Waals surface area contributed by atoms with Gasteiger partial charge in [-0.1, -0.05) is 6.07 Å². The predicted octanol–water partition coefficient (Wildman–Crippen LogP) is -0.0510. The van der Waals surface area contributed by atoms with E-state index in [0.29, 0.717) is 12.4 Å². The van der Waals surface area contributed by atoms with Crippen LogP contribution < -0.4 is 15.2 Å². The Balaban J connectivity index is 2.01. The summed E-state index contributed by atoms with van der Waals surface area (Å²) >= 11 is 0. The summed E-state index contributed by atoms with van der Waals surface area (Å²) in [5.41, 5.74) is 6.27. The maximum Gasteiger partial charge on any atom is 0.300 e. The van der Waals surface area contributed by atoms with E-state index in [1.54, 1.807) is 18.3 Å². The zero-order chi connectivity index (χ0) is 11.6. The van der Waals surface area contributed by atoms with Crippen molar-refractivity contribution in [2.75, 3.05) is 4.72 Å². The van der Waals surface area contributed by atoms with Gasteiger partial charge >= 0.3 is 10.2 Å². The molecular weight excluding hydrogens is 228 g/mol. The zero-order valence-corrected chi connectivity index (χ0v) is 9.50. The molecule has 1 aliphatic rings. The van der Waals surface area contributed by atoms with E-state index in [-0.39, 0.29) is 6.04 Å². The van der Waals surface area contributed by atoms with Gasteiger partial charge < -0.3 is 5.73 Å². The normalized spacial score (nSPS) is 16.1. The molecule has 0 unspecified atom stereocenters. The number of hydrogen-bond donors (Lipinski definition) is 3. The second-order valence-electron chi connectivity index (χ2n) is 3.75. The summed E-state index contributed by atoms with van der Waals surface area (Å²) < 4.78 is 27.9. The summed E-state index contributed by atoms with van der Waals surface area (Å²) in [6, 6.07) is 3.41. The zero-order valence-electron chi connectivity index (χ0n) is 8.68. The third-order valence-corrected chi connectivity index (χ3v) is 3.32. The summed E-state index contributed by atoms with van der Waals surface area (Å²) in [7, 11) is -3.48. The Hall–Kier alpha value is -1.18. The van der Waals surface area contributed by atoms with Crippen LogP contribution in [0.2, 0.25) is 0 Å². The molecule has 1 fully saturated rings. The van der Waals surface area contributed by atoms with Gasteiger partial charge in [0, 0.05) is 18.8 Å². The van der Waals surface area contributed by atoms with Crippen LogP contribution in [-0.2, 0) is 16.8 Å². The van der Waals surface area contributed by atoms with Gasteiger partial charge in [-0.2, -0.15) is 13.1 Å². The average molecular weight is 242 g/mol. The first-order valence-electron chi connectivity index (χ1n) is 5.04. The van der Waals surface area contributed by atoms with Gasteiger partial charge in [-0.25, -0.2) is 4.98 Å².